The summed E-state index contributed by atoms with van der Waals surface area (Å²) < 4.78 is 55.1. The molecular formula is C19H18F3N3O3. The average molecular weight is 393 g/mol. The third-order valence-electron chi connectivity index (χ3n) is 3.88. The van der Waals surface area contributed by atoms with Gasteiger partial charge in [-0.2, -0.15) is 13.2 Å². The normalized spacial score (nSPS) is 11.3. The maximum Gasteiger partial charge on any atom is 0.451 e. The van der Waals surface area contributed by atoms with Gasteiger partial charge in [0.15, 0.2) is 0 Å². The van der Waals surface area contributed by atoms with Gasteiger partial charge in [0.25, 0.3) is 0 Å². The molecule has 6 nitrogen and oxygen atoms in total. The Morgan fingerprint density at radius 1 is 0.893 bits per heavy atom. The first kappa shape index (κ1) is 19.5. The van der Waals surface area contributed by atoms with Crippen LogP contribution in [-0.2, 0) is 6.18 Å². The predicted octanol–water partition coefficient (Wildman–Crippen LogP) is 4.16. The van der Waals surface area contributed by atoms with Gasteiger partial charge in [-0.25, -0.2) is 9.97 Å². The van der Waals surface area contributed by atoms with E-state index in [1.807, 2.05) is 0 Å². The fourth-order valence-corrected chi connectivity index (χ4v) is 2.51. The van der Waals surface area contributed by atoms with E-state index in [1.165, 1.54) is 13.2 Å². The SMILES string of the molecule is COc1ccc(OCCNc2nc(C(F)(F)F)nc3cc(OC)ccc23)cc1. The molecule has 0 saturated heterocycles. The molecule has 0 bridgehead atoms. The quantitative estimate of drug-likeness (QED) is 0.608. The van der Waals surface area contributed by atoms with Crippen LogP contribution in [0.25, 0.3) is 10.9 Å². The molecule has 1 heterocycles. The number of nitrogens with one attached hydrogen (secondary N) is 1. The average Bonchev–Trinajstić information content (AvgIpc) is 2.70. The molecule has 148 valence electrons. The Morgan fingerprint density at radius 2 is 1.54 bits per heavy atom. The van der Waals surface area contributed by atoms with Gasteiger partial charge in [-0.1, -0.05) is 0 Å². The summed E-state index contributed by atoms with van der Waals surface area (Å²) in [6.07, 6.45) is -4.66. The molecule has 28 heavy (non-hydrogen) atoms. The highest BCUT2D eigenvalue weighted by Gasteiger charge is 2.35. The molecular weight excluding hydrogens is 375 g/mol. The fraction of sp³-hybridized carbons (Fsp3) is 0.263. The molecule has 1 aromatic heterocycles. The Balaban J connectivity index is 1.75. The van der Waals surface area contributed by atoms with Crippen molar-refractivity contribution in [3.05, 3.63) is 48.3 Å². The molecule has 0 spiro atoms. The Morgan fingerprint density at radius 3 is 2.18 bits per heavy atom. The van der Waals surface area contributed by atoms with E-state index in [9.17, 15) is 13.2 Å². The highest BCUT2D eigenvalue weighted by atomic mass is 19.4. The molecule has 0 aliphatic carbocycles. The molecule has 0 fully saturated rings. The van der Waals surface area contributed by atoms with E-state index in [4.69, 9.17) is 14.2 Å². The third kappa shape index (κ3) is 4.54. The molecule has 0 aliphatic heterocycles. The lowest BCUT2D eigenvalue weighted by Gasteiger charge is -2.13. The second-order valence-electron chi connectivity index (χ2n) is 5.73. The minimum atomic E-state index is -4.66. The van der Waals surface area contributed by atoms with E-state index in [0.29, 0.717) is 22.6 Å². The van der Waals surface area contributed by atoms with Crippen molar-refractivity contribution in [2.45, 2.75) is 6.18 Å². The molecule has 9 heteroatoms. The molecule has 0 radical (unpaired) electrons. The summed E-state index contributed by atoms with van der Waals surface area (Å²) in [6, 6.07) is 11.7. The van der Waals surface area contributed by atoms with E-state index in [0.717, 1.165) is 0 Å². The van der Waals surface area contributed by atoms with Gasteiger partial charge in [0, 0.05) is 11.5 Å². The molecule has 0 saturated carbocycles. The van der Waals surface area contributed by atoms with Gasteiger partial charge < -0.3 is 19.5 Å². The fourth-order valence-electron chi connectivity index (χ4n) is 2.51. The van der Waals surface area contributed by atoms with Crippen LogP contribution in [0, 0.1) is 0 Å². The zero-order valence-electron chi connectivity index (χ0n) is 15.2. The van der Waals surface area contributed by atoms with Crippen molar-refractivity contribution < 1.29 is 27.4 Å². The summed E-state index contributed by atoms with van der Waals surface area (Å²) in [4.78, 5) is 7.24. The first-order valence-corrected chi connectivity index (χ1v) is 8.34. The number of anilines is 1. The molecule has 0 aliphatic rings. The number of hydrogen-bond acceptors (Lipinski definition) is 6. The second-order valence-corrected chi connectivity index (χ2v) is 5.73. The highest BCUT2D eigenvalue weighted by Crippen LogP contribution is 2.31. The van der Waals surface area contributed by atoms with Crippen molar-refractivity contribution in [1.82, 2.24) is 9.97 Å². The molecule has 3 aromatic rings. The Labute approximate surface area is 159 Å². The maximum atomic E-state index is 13.1. The molecule has 3 rings (SSSR count). The summed E-state index contributed by atoms with van der Waals surface area (Å²) in [6.45, 7) is 0.483. The van der Waals surface area contributed by atoms with Gasteiger partial charge in [0.1, 0.15) is 29.7 Å². The lowest BCUT2D eigenvalue weighted by atomic mass is 10.2. The number of ether oxygens (including phenoxy) is 3. The third-order valence-corrected chi connectivity index (χ3v) is 3.88. The minimum absolute atomic E-state index is 0.0818. The van der Waals surface area contributed by atoms with E-state index >= 15 is 0 Å². The zero-order valence-corrected chi connectivity index (χ0v) is 15.2. The monoisotopic (exact) mass is 393 g/mol. The summed E-state index contributed by atoms with van der Waals surface area (Å²) in [5.74, 6) is 0.599. The maximum absolute atomic E-state index is 13.1. The van der Waals surface area contributed by atoms with Gasteiger partial charge in [-0.3, -0.25) is 0 Å². The van der Waals surface area contributed by atoms with E-state index in [-0.39, 0.29) is 24.5 Å². The topological polar surface area (TPSA) is 65.5 Å². The zero-order chi connectivity index (χ0) is 20.1. The van der Waals surface area contributed by atoms with Crippen molar-refractivity contribution in [1.29, 1.82) is 0 Å². The number of methoxy groups -OCH3 is 2. The van der Waals surface area contributed by atoms with Crippen LogP contribution in [0.4, 0.5) is 19.0 Å². The smallest absolute Gasteiger partial charge is 0.451 e. The summed E-state index contributed by atoms with van der Waals surface area (Å²) >= 11 is 0. The summed E-state index contributed by atoms with van der Waals surface area (Å²) in [5.41, 5.74) is 0.139. The lowest BCUT2D eigenvalue weighted by Crippen LogP contribution is -2.16. The van der Waals surface area contributed by atoms with Gasteiger partial charge in [-0.05, 0) is 36.4 Å². The van der Waals surface area contributed by atoms with Gasteiger partial charge in [-0.15, -0.1) is 0 Å². The number of nitrogens with zero attached hydrogens (tertiary/aromatic N) is 2. The predicted molar refractivity (Wildman–Crippen MR) is 98.1 cm³/mol. The molecule has 1 N–H and O–H groups in total. The largest absolute Gasteiger partial charge is 0.497 e. The summed E-state index contributed by atoms with van der Waals surface area (Å²) in [5, 5.41) is 3.35. The molecule has 0 amide bonds. The van der Waals surface area contributed by atoms with Crippen LogP contribution < -0.4 is 19.5 Å². The molecule has 0 unspecified atom stereocenters. The van der Waals surface area contributed by atoms with Crippen molar-refractivity contribution in [3.8, 4) is 17.2 Å². The van der Waals surface area contributed by atoms with Crippen molar-refractivity contribution >= 4 is 16.7 Å². The van der Waals surface area contributed by atoms with Crippen LogP contribution in [0.5, 0.6) is 17.2 Å². The first-order chi connectivity index (χ1) is 13.4. The lowest BCUT2D eigenvalue weighted by molar-refractivity contribution is -0.144. The van der Waals surface area contributed by atoms with Crippen LogP contribution in [0.1, 0.15) is 5.82 Å². The number of benzene rings is 2. The van der Waals surface area contributed by atoms with Gasteiger partial charge in [0.2, 0.25) is 5.82 Å². The number of fused-ring (bicyclic) bond motifs is 1. The second kappa shape index (κ2) is 8.20. The molecule has 0 atom stereocenters. The van der Waals surface area contributed by atoms with Crippen molar-refractivity contribution in [3.63, 3.8) is 0 Å². The first-order valence-electron chi connectivity index (χ1n) is 8.34. The van der Waals surface area contributed by atoms with Crippen LogP contribution in [0.15, 0.2) is 42.5 Å². The number of alkyl halides is 3. The minimum Gasteiger partial charge on any atom is -0.497 e. The van der Waals surface area contributed by atoms with Crippen molar-refractivity contribution in [2.75, 3.05) is 32.7 Å². The number of rotatable bonds is 7. The Hall–Kier alpha value is -3.23. The number of aromatic nitrogens is 2. The molecule has 2 aromatic carbocycles. The van der Waals surface area contributed by atoms with E-state index < -0.39 is 12.0 Å². The van der Waals surface area contributed by atoms with E-state index in [1.54, 1.807) is 43.5 Å². The highest BCUT2D eigenvalue weighted by molar-refractivity contribution is 5.90. The standard InChI is InChI=1S/C19H18F3N3O3/c1-26-12-3-5-13(6-4-12)28-10-9-23-17-15-8-7-14(27-2)11-16(15)24-18(25-17)19(20,21)22/h3-8,11H,9-10H2,1-2H3,(H,23,24,25). The van der Waals surface area contributed by atoms with E-state index in [2.05, 4.69) is 15.3 Å². The van der Waals surface area contributed by atoms with Crippen molar-refractivity contribution in [2.24, 2.45) is 0 Å². The van der Waals surface area contributed by atoms with Crippen LogP contribution in [0.2, 0.25) is 0 Å². The number of halogens is 3. The van der Waals surface area contributed by atoms with Gasteiger partial charge in [0.05, 0.1) is 26.3 Å². The van der Waals surface area contributed by atoms with Crippen LogP contribution >= 0.6 is 0 Å². The van der Waals surface area contributed by atoms with Crippen LogP contribution in [-0.4, -0.2) is 37.3 Å². The van der Waals surface area contributed by atoms with Crippen LogP contribution in [0.3, 0.4) is 0 Å². The number of hydrogen-bond donors (Lipinski definition) is 1. The Bertz CT molecular complexity index is 947. The Kier molecular flexibility index (Phi) is 5.72. The van der Waals surface area contributed by atoms with Gasteiger partial charge >= 0.3 is 6.18 Å². The summed E-state index contributed by atoms with van der Waals surface area (Å²) in [7, 11) is 3.00.